The number of nitrogen functional groups attached to an aromatic ring is 1. The van der Waals surface area contributed by atoms with Crippen molar-refractivity contribution < 1.29 is 9.59 Å². The molecule has 1 aromatic carbocycles. The van der Waals surface area contributed by atoms with Crippen molar-refractivity contribution in [3.63, 3.8) is 0 Å². The van der Waals surface area contributed by atoms with Gasteiger partial charge >= 0.3 is 0 Å². The average Bonchev–Trinajstić information content (AvgIpc) is 2.84. The smallest absolute Gasteiger partial charge is 0.234 e. The maximum absolute atomic E-state index is 12.5. The molecule has 4 heteroatoms. The van der Waals surface area contributed by atoms with E-state index in [1.165, 1.54) is 0 Å². The predicted octanol–water partition coefficient (Wildman–Crippen LogP) is 2.62. The molecular formula is C15H16N2O2. The Kier molecular flexibility index (Phi) is 2.85. The van der Waals surface area contributed by atoms with Gasteiger partial charge in [0.2, 0.25) is 5.91 Å². The van der Waals surface area contributed by atoms with E-state index in [9.17, 15) is 9.59 Å². The van der Waals surface area contributed by atoms with Crippen LogP contribution < -0.4 is 5.73 Å². The SMILES string of the molecule is Nc1cccc2c1ccn2C(=O)C1CCC(=O)CC1. The molecule has 0 spiro atoms. The van der Waals surface area contributed by atoms with Crippen LogP contribution in [0.3, 0.4) is 0 Å². The Morgan fingerprint density at radius 1 is 1.21 bits per heavy atom. The van der Waals surface area contributed by atoms with Crippen molar-refractivity contribution in [2.24, 2.45) is 5.92 Å². The number of fused-ring (bicyclic) bond motifs is 1. The lowest BCUT2D eigenvalue weighted by Crippen LogP contribution is -2.25. The molecule has 98 valence electrons. The molecule has 0 bridgehead atoms. The molecule has 0 radical (unpaired) electrons. The molecule has 1 saturated carbocycles. The van der Waals surface area contributed by atoms with Gasteiger partial charge in [-0.15, -0.1) is 0 Å². The molecule has 1 aromatic heterocycles. The van der Waals surface area contributed by atoms with Gasteiger partial charge in [0, 0.05) is 36.0 Å². The number of ketones is 1. The van der Waals surface area contributed by atoms with Gasteiger partial charge in [0.25, 0.3) is 0 Å². The maximum Gasteiger partial charge on any atom is 0.234 e. The molecule has 4 nitrogen and oxygen atoms in total. The number of Topliss-reactive ketones (excluding diaryl/α,β-unsaturated/α-hetero) is 1. The Bertz CT molecular complexity index is 647. The number of nitrogens with two attached hydrogens (primary N) is 1. The van der Waals surface area contributed by atoms with Gasteiger partial charge < -0.3 is 5.73 Å². The first-order chi connectivity index (χ1) is 9.16. The highest BCUT2D eigenvalue weighted by Gasteiger charge is 2.26. The van der Waals surface area contributed by atoms with Crippen LogP contribution in [-0.4, -0.2) is 16.3 Å². The predicted molar refractivity (Wildman–Crippen MR) is 73.9 cm³/mol. The van der Waals surface area contributed by atoms with Gasteiger partial charge in [0.15, 0.2) is 0 Å². The Labute approximate surface area is 111 Å². The molecule has 1 aliphatic rings. The standard InChI is InChI=1S/C15H16N2O2/c16-13-2-1-3-14-12(13)8-9-17(14)15(19)10-4-6-11(18)7-5-10/h1-3,8-10H,4-7,16H2. The highest BCUT2D eigenvalue weighted by molar-refractivity contribution is 5.99. The highest BCUT2D eigenvalue weighted by Crippen LogP contribution is 2.27. The summed E-state index contributed by atoms with van der Waals surface area (Å²) in [6.07, 6.45) is 4.16. The van der Waals surface area contributed by atoms with Crippen LogP contribution in [0.2, 0.25) is 0 Å². The van der Waals surface area contributed by atoms with E-state index in [-0.39, 0.29) is 17.6 Å². The van der Waals surface area contributed by atoms with Crippen molar-refractivity contribution in [3.05, 3.63) is 30.5 Å². The van der Waals surface area contributed by atoms with E-state index in [1.807, 2.05) is 24.3 Å². The second-order valence-corrected chi connectivity index (χ2v) is 5.12. The van der Waals surface area contributed by atoms with E-state index in [0.717, 1.165) is 10.9 Å². The zero-order chi connectivity index (χ0) is 13.4. The highest BCUT2D eigenvalue weighted by atomic mass is 16.2. The maximum atomic E-state index is 12.5. The Hall–Kier alpha value is -2.10. The molecule has 0 amide bonds. The van der Waals surface area contributed by atoms with Gasteiger partial charge in [-0.2, -0.15) is 0 Å². The first-order valence-electron chi connectivity index (χ1n) is 6.58. The van der Waals surface area contributed by atoms with Crippen molar-refractivity contribution in [3.8, 4) is 0 Å². The Balaban J connectivity index is 1.94. The van der Waals surface area contributed by atoms with Crippen molar-refractivity contribution >= 4 is 28.3 Å². The molecule has 2 N–H and O–H groups in total. The lowest BCUT2D eigenvalue weighted by molar-refractivity contribution is -0.120. The number of carbonyl (C=O) groups excluding carboxylic acids is 2. The molecule has 1 fully saturated rings. The molecule has 3 rings (SSSR count). The number of aromatic nitrogens is 1. The molecule has 0 saturated heterocycles. The third-order valence-corrected chi connectivity index (χ3v) is 3.90. The molecule has 19 heavy (non-hydrogen) atoms. The zero-order valence-corrected chi connectivity index (χ0v) is 10.6. The second-order valence-electron chi connectivity index (χ2n) is 5.12. The first kappa shape index (κ1) is 12.0. The minimum absolute atomic E-state index is 0.0465. The van der Waals surface area contributed by atoms with Crippen LogP contribution in [0.4, 0.5) is 5.69 Å². The van der Waals surface area contributed by atoms with E-state index >= 15 is 0 Å². The van der Waals surface area contributed by atoms with Gasteiger partial charge in [-0.3, -0.25) is 14.2 Å². The van der Waals surface area contributed by atoms with E-state index in [0.29, 0.717) is 31.4 Å². The van der Waals surface area contributed by atoms with Gasteiger partial charge in [-0.25, -0.2) is 0 Å². The van der Waals surface area contributed by atoms with E-state index in [4.69, 9.17) is 5.73 Å². The van der Waals surface area contributed by atoms with Gasteiger partial charge in [-0.05, 0) is 31.0 Å². The lowest BCUT2D eigenvalue weighted by Gasteiger charge is -2.20. The number of hydrogen-bond acceptors (Lipinski definition) is 3. The van der Waals surface area contributed by atoms with E-state index in [2.05, 4.69) is 0 Å². The largest absolute Gasteiger partial charge is 0.398 e. The molecule has 1 aliphatic carbocycles. The summed E-state index contributed by atoms with van der Waals surface area (Å²) in [6, 6.07) is 7.45. The van der Waals surface area contributed by atoms with Crippen LogP contribution >= 0.6 is 0 Å². The quantitative estimate of drug-likeness (QED) is 0.798. The van der Waals surface area contributed by atoms with E-state index < -0.39 is 0 Å². The number of nitrogens with zero attached hydrogens (tertiary/aromatic N) is 1. The third kappa shape index (κ3) is 2.03. The van der Waals surface area contributed by atoms with Crippen molar-refractivity contribution in [1.82, 2.24) is 4.57 Å². The Morgan fingerprint density at radius 3 is 2.68 bits per heavy atom. The zero-order valence-electron chi connectivity index (χ0n) is 10.6. The summed E-state index contributed by atoms with van der Waals surface area (Å²) in [5, 5.41) is 0.905. The number of anilines is 1. The second kappa shape index (κ2) is 4.53. The van der Waals surface area contributed by atoms with Crippen LogP contribution in [0, 0.1) is 5.92 Å². The third-order valence-electron chi connectivity index (χ3n) is 3.90. The monoisotopic (exact) mass is 256 g/mol. The fourth-order valence-electron chi connectivity index (χ4n) is 2.77. The number of hydrogen-bond donors (Lipinski definition) is 1. The summed E-state index contributed by atoms with van der Waals surface area (Å²) < 4.78 is 1.67. The summed E-state index contributed by atoms with van der Waals surface area (Å²) in [5.74, 6) is 0.300. The first-order valence-corrected chi connectivity index (χ1v) is 6.58. The number of carbonyl (C=O) groups is 2. The van der Waals surface area contributed by atoms with Gasteiger partial charge in [-0.1, -0.05) is 6.07 Å². The number of rotatable bonds is 1. The minimum atomic E-state index is -0.0465. The van der Waals surface area contributed by atoms with Crippen molar-refractivity contribution in [2.45, 2.75) is 25.7 Å². The Morgan fingerprint density at radius 2 is 1.95 bits per heavy atom. The average molecular weight is 256 g/mol. The van der Waals surface area contributed by atoms with Crippen LogP contribution in [0.15, 0.2) is 30.5 Å². The summed E-state index contributed by atoms with van der Waals surface area (Å²) >= 11 is 0. The van der Waals surface area contributed by atoms with Crippen LogP contribution in [0.1, 0.15) is 30.5 Å². The van der Waals surface area contributed by atoms with Crippen molar-refractivity contribution in [1.29, 1.82) is 0 Å². The van der Waals surface area contributed by atoms with Gasteiger partial charge in [0.05, 0.1) is 5.52 Å². The van der Waals surface area contributed by atoms with Crippen molar-refractivity contribution in [2.75, 3.05) is 5.73 Å². The summed E-state index contributed by atoms with van der Waals surface area (Å²) in [5.41, 5.74) is 7.43. The summed E-state index contributed by atoms with van der Waals surface area (Å²) in [4.78, 5) is 23.7. The van der Waals surface area contributed by atoms with Crippen LogP contribution in [-0.2, 0) is 4.79 Å². The minimum Gasteiger partial charge on any atom is -0.398 e. The summed E-state index contributed by atoms with van der Waals surface area (Å²) in [7, 11) is 0. The lowest BCUT2D eigenvalue weighted by atomic mass is 9.88. The molecular weight excluding hydrogens is 240 g/mol. The van der Waals surface area contributed by atoms with Crippen LogP contribution in [0.25, 0.3) is 10.9 Å². The molecule has 0 unspecified atom stereocenters. The summed E-state index contributed by atoms with van der Waals surface area (Å²) in [6.45, 7) is 0. The topological polar surface area (TPSA) is 65.1 Å². The van der Waals surface area contributed by atoms with E-state index in [1.54, 1.807) is 10.8 Å². The molecule has 2 aromatic rings. The molecule has 0 aliphatic heterocycles. The fourth-order valence-corrected chi connectivity index (χ4v) is 2.77. The van der Waals surface area contributed by atoms with Crippen LogP contribution in [0.5, 0.6) is 0 Å². The number of benzene rings is 1. The normalized spacial score (nSPS) is 16.9. The molecule has 1 heterocycles. The van der Waals surface area contributed by atoms with Gasteiger partial charge in [0.1, 0.15) is 5.78 Å². The fraction of sp³-hybridized carbons (Fsp3) is 0.333. The molecule has 0 atom stereocenters.